The van der Waals surface area contributed by atoms with Gasteiger partial charge in [-0.1, -0.05) is 23.9 Å². The van der Waals surface area contributed by atoms with Gasteiger partial charge in [0, 0.05) is 29.4 Å². The molecule has 1 amide bonds. The third kappa shape index (κ3) is 4.39. The van der Waals surface area contributed by atoms with Gasteiger partial charge < -0.3 is 5.32 Å². The molecule has 0 aromatic carbocycles. The highest BCUT2D eigenvalue weighted by atomic mass is 32.2. The van der Waals surface area contributed by atoms with E-state index in [1.54, 1.807) is 29.8 Å². The van der Waals surface area contributed by atoms with Crippen LogP contribution in [0.25, 0.3) is 11.4 Å². The van der Waals surface area contributed by atoms with Crippen LogP contribution in [0, 0.1) is 0 Å². The maximum atomic E-state index is 12.4. The molecule has 3 heterocycles. The summed E-state index contributed by atoms with van der Waals surface area (Å²) in [6, 6.07) is 7.75. The maximum Gasteiger partial charge on any atom is 0.233 e. The fourth-order valence-corrected chi connectivity index (χ4v) is 3.85. The van der Waals surface area contributed by atoms with Gasteiger partial charge in [-0.25, -0.2) is 0 Å². The molecule has 0 aliphatic rings. The van der Waals surface area contributed by atoms with Crippen molar-refractivity contribution in [1.82, 2.24) is 25.1 Å². The minimum Gasteiger partial charge on any atom is -0.350 e. The van der Waals surface area contributed by atoms with Crippen LogP contribution >= 0.6 is 23.1 Å². The summed E-state index contributed by atoms with van der Waals surface area (Å²) >= 11 is 3.01. The highest BCUT2D eigenvalue weighted by molar-refractivity contribution is 8.00. The Kier molecular flexibility index (Phi) is 6.19. The molecule has 26 heavy (non-hydrogen) atoms. The number of rotatable bonds is 8. The number of thioether (sulfide) groups is 1. The Hall–Kier alpha value is -2.45. The molecule has 0 radical (unpaired) electrons. The fraction of sp³-hybridized carbons (Fsp3) is 0.222. The standard InChI is InChI=1S/C18H19N5OS2/c1-3-10-23-16(14-6-8-19-9-7-14)21-22-18(23)26-13(2)17(24)20-12-15-5-4-11-25-15/h3-9,11,13H,1,10,12H2,2H3,(H,20,24)/t13-/m0/s1. The summed E-state index contributed by atoms with van der Waals surface area (Å²) in [5.74, 6) is 0.711. The number of nitrogens with zero attached hydrogens (tertiary/aromatic N) is 4. The van der Waals surface area contributed by atoms with Gasteiger partial charge in [0.2, 0.25) is 5.91 Å². The zero-order chi connectivity index (χ0) is 18.4. The molecule has 3 aromatic heterocycles. The van der Waals surface area contributed by atoms with Crippen LogP contribution in [-0.2, 0) is 17.9 Å². The van der Waals surface area contributed by atoms with Gasteiger partial charge in [-0.05, 0) is 30.5 Å². The summed E-state index contributed by atoms with van der Waals surface area (Å²) in [6.07, 6.45) is 5.23. The van der Waals surface area contributed by atoms with Crippen molar-refractivity contribution in [2.24, 2.45) is 0 Å². The Morgan fingerprint density at radius 2 is 2.19 bits per heavy atom. The molecule has 0 fully saturated rings. The fourth-order valence-electron chi connectivity index (χ4n) is 2.33. The minimum atomic E-state index is -0.284. The van der Waals surface area contributed by atoms with E-state index >= 15 is 0 Å². The van der Waals surface area contributed by atoms with Crippen LogP contribution in [0.1, 0.15) is 11.8 Å². The van der Waals surface area contributed by atoms with E-state index in [-0.39, 0.29) is 11.2 Å². The van der Waals surface area contributed by atoms with Crippen LogP contribution in [0.5, 0.6) is 0 Å². The molecule has 0 bridgehead atoms. The highest BCUT2D eigenvalue weighted by Crippen LogP contribution is 2.26. The SMILES string of the molecule is C=CCn1c(S[C@@H](C)C(=O)NCc2cccs2)nnc1-c1ccncc1. The van der Waals surface area contributed by atoms with Gasteiger partial charge in [0.05, 0.1) is 11.8 Å². The van der Waals surface area contributed by atoms with E-state index in [0.717, 1.165) is 16.3 Å². The number of aromatic nitrogens is 4. The van der Waals surface area contributed by atoms with Gasteiger partial charge in [0.15, 0.2) is 11.0 Å². The Morgan fingerprint density at radius 1 is 1.38 bits per heavy atom. The topological polar surface area (TPSA) is 72.7 Å². The lowest BCUT2D eigenvalue weighted by Gasteiger charge is -2.12. The smallest absolute Gasteiger partial charge is 0.233 e. The van der Waals surface area contributed by atoms with Crippen LogP contribution in [0.3, 0.4) is 0 Å². The molecule has 0 aliphatic carbocycles. The number of pyridine rings is 1. The number of carbonyl (C=O) groups is 1. The largest absolute Gasteiger partial charge is 0.350 e. The quantitative estimate of drug-likeness (QED) is 0.475. The summed E-state index contributed by atoms with van der Waals surface area (Å²) in [7, 11) is 0. The van der Waals surface area contributed by atoms with Gasteiger partial charge in [-0.3, -0.25) is 14.3 Å². The molecule has 0 aliphatic heterocycles. The van der Waals surface area contributed by atoms with Gasteiger partial charge >= 0.3 is 0 Å². The van der Waals surface area contributed by atoms with Gasteiger partial charge in [0.25, 0.3) is 0 Å². The molecule has 8 heteroatoms. The molecule has 0 saturated carbocycles. The first-order valence-corrected chi connectivity index (χ1v) is 9.86. The summed E-state index contributed by atoms with van der Waals surface area (Å²) in [4.78, 5) is 17.5. The van der Waals surface area contributed by atoms with E-state index in [9.17, 15) is 4.79 Å². The van der Waals surface area contributed by atoms with Crippen LogP contribution < -0.4 is 5.32 Å². The first-order chi connectivity index (χ1) is 12.7. The Balaban J connectivity index is 1.71. The predicted octanol–water partition coefficient (Wildman–Crippen LogP) is 3.38. The van der Waals surface area contributed by atoms with E-state index in [2.05, 4.69) is 27.1 Å². The van der Waals surface area contributed by atoms with E-state index < -0.39 is 0 Å². The number of hydrogen-bond donors (Lipinski definition) is 1. The number of nitrogens with one attached hydrogen (secondary N) is 1. The van der Waals surface area contributed by atoms with Crippen molar-refractivity contribution in [3.63, 3.8) is 0 Å². The third-order valence-corrected chi connectivity index (χ3v) is 5.59. The zero-order valence-electron chi connectivity index (χ0n) is 14.3. The van der Waals surface area contributed by atoms with Crippen LogP contribution in [0.15, 0.2) is 59.9 Å². The lowest BCUT2D eigenvalue weighted by Crippen LogP contribution is -2.30. The first kappa shape index (κ1) is 18.3. The zero-order valence-corrected chi connectivity index (χ0v) is 16.0. The van der Waals surface area contributed by atoms with E-state index in [1.807, 2.05) is 41.1 Å². The second-order valence-electron chi connectivity index (χ2n) is 5.50. The van der Waals surface area contributed by atoms with Gasteiger partial charge in [-0.15, -0.1) is 28.1 Å². The lowest BCUT2D eigenvalue weighted by molar-refractivity contribution is -0.120. The predicted molar refractivity (Wildman–Crippen MR) is 105 cm³/mol. The molecule has 0 saturated heterocycles. The van der Waals surface area contributed by atoms with Crippen molar-refractivity contribution in [3.05, 3.63) is 59.6 Å². The van der Waals surface area contributed by atoms with Gasteiger partial charge in [-0.2, -0.15) is 0 Å². The van der Waals surface area contributed by atoms with Crippen LogP contribution in [-0.4, -0.2) is 30.9 Å². The number of allylic oxidation sites excluding steroid dienone is 1. The Morgan fingerprint density at radius 3 is 2.88 bits per heavy atom. The molecule has 1 N–H and O–H groups in total. The third-order valence-electron chi connectivity index (χ3n) is 3.64. The second-order valence-corrected chi connectivity index (χ2v) is 7.84. The van der Waals surface area contributed by atoms with Crippen molar-refractivity contribution in [2.75, 3.05) is 0 Å². The summed E-state index contributed by atoms with van der Waals surface area (Å²) in [5, 5.41) is 13.9. The molecular weight excluding hydrogens is 366 g/mol. The number of thiophene rings is 1. The summed E-state index contributed by atoms with van der Waals surface area (Å²) in [6.45, 7) is 6.79. The van der Waals surface area contributed by atoms with Crippen molar-refractivity contribution in [2.45, 2.75) is 30.4 Å². The molecule has 0 spiro atoms. The molecule has 3 aromatic rings. The van der Waals surface area contributed by atoms with Crippen LogP contribution in [0.4, 0.5) is 0 Å². The highest BCUT2D eigenvalue weighted by Gasteiger charge is 2.20. The molecular formula is C18H19N5OS2. The van der Waals surface area contributed by atoms with Gasteiger partial charge in [0.1, 0.15) is 0 Å². The lowest BCUT2D eigenvalue weighted by atomic mass is 10.2. The Bertz CT molecular complexity index is 861. The summed E-state index contributed by atoms with van der Waals surface area (Å²) < 4.78 is 1.95. The molecule has 134 valence electrons. The minimum absolute atomic E-state index is 0.0259. The van der Waals surface area contributed by atoms with Crippen molar-refractivity contribution in [3.8, 4) is 11.4 Å². The summed E-state index contributed by atoms with van der Waals surface area (Å²) in [5.41, 5.74) is 0.927. The average Bonchev–Trinajstić information content (AvgIpc) is 3.31. The van der Waals surface area contributed by atoms with Crippen molar-refractivity contribution in [1.29, 1.82) is 0 Å². The number of hydrogen-bond acceptors (Lipinski definition) is 6. The van der Waals surface area contributed by atoms with Crippen molar-refractivity contribution < 1.29 is 4.79 Å². The molecule has 0 unspecified atom stereocenters. The number of amides is 1. The number of carbonyl (C=O) groups excluding carboxylic acids is 1. The maximum absolute atomic E-state index is 12.4. The first-order valence-electron chi connectivity index (χ1n) is 8.10. The van der Waals surface area contributed by atoms with E-state index in [4.69, 9.17) is 0 Å². The second kappa shape index (κ2) is 8.77. The van der Waals surface area contributed by atoms with Crippen LogP contribution in [0.2, 0.25) is 0 Å². The Labute approximate surface area is 160 Å². The van der Waals surface area contributed by atoms with Crippen molar-refractivity contribution >= 4 is 29.0 Å². The van der Waals surface area contributed by atoms with E-state index in [1.165, 1.54) is 11.8 Å². The monoisotopic (exact) mass is 385 g/mol. The average molecular weight is 386 g/mol. The molecule has 3 rings (SSSR count). The normalized spacial score (nSPS) is 11.9. The molecule has 1 atom stereocenters. The molecule has 6 nitrogen and oxygen atoms in total. The van der Waals surface area contributed by atoms with E-state index in [0.29, 0.717) is 18.2 Å².